The molecule has 2 saturated carbocycles. The molecule has 1 heteroatoms. The Balaban J connectivity index is 2.11. The minimum Gasteiger partial charge on any atom is -0.396 e. The van der Waals surface area contributed by atoms with E-state index in [4.69, 9.17) is 0 Å². The van der Waals surface area contributed by atoms with Crippen LogP contribution in [0.3, 0.4) is 0 Å². The Morgan fingerprint density at radius 1 is 1.09 bits per heavy atom. The normalized spacial score (nSPS) is 55.4. The maximum Gasteiger partial charge on any atom is 0.0464 e. The van der Waals surface area contributed by atoms with Crippen molar-refractivity contribution in [3.63, 3.8) is 0 Å². The van der Waals surface area contributed by atoms with Crippen molar-refractivity contribution >= 4 is 0 Å². The van der Waals surface area contributed by atoms with Crippen LogP contribution in [0.25, 0.3) is 0 Å². The SMILES string of the molecule is CC1C(C)C2CCC2C1CO. The van der Waals surface area contributed by atoms with Gasteiger partial charge in [-0.1, -0.05) is 13.8 Å². The lowest BCUT2D eigenvalue weighted by molar-refractivity contribution is 0.104. The van der Waals surface area contributed by atoms with Gasteiger partial charge in [0.25, 0.3) is 0 Å². The summed E-state index contributed by atoms with van der Waals surface area (Å²) in [4.78, 5) is 0. The zero-order chi connectivity index (χ0) is 8.01. The highest BCUT2D eigenvalue weighted by Crippen LogP contribution is 2.55. The summed E-state index contributed by atoms with van der Waals surface area (Å²) in [6.45, 7) is 5.09. The van der Waals surface area contributed by atoms with E-state index in [0.29, 0.717) is 12.5 Å². The van der Waals surface area contributed by atoms with Crippen LogP contribution in [0.2, 0.25) is 0 Å². The van der Waals surface area contributed by atoms with Crippen LogP contribution in [-0.4, -0.2) is 11.7 Å². The van der Waals surface area contributed by atoms with Crippen LogP contribution in [-0.2, 0) is 0 Å². The lowest BCUT2D eigenvalue weighted by Gasteiger charge is -2.35. The number of aliphatic hydroxyl groups is 1. The van der Waals surface area contributed by atoms with E-state index in [1.807, 2.05) is 0 Å². The fraction of sp³-hybridized carbons (Fsp3) is 1.00. The summed E-state index contributed by atoms with van der Waals surface area (Å²) in [7, 11) is 0. The van der Waals surface area contributed by atoms with Gasteiger partial charge in [0.2, 0.25) is 0 Å². The third-order valence-corrected chi connectivity index (χ3v) is 4.32. The highest BCUT2D eigenvalue weighted by Gasteiger charge is 2.50. The topological polar surface area (TPSA) is 20.2 Å². The summed E-state index contributed by atoms with van der Waals surface area (Å²) in [5.74, 6) is 4.10. The molecule has 1 nitrogen and oxygen atoms in total. The van der Waals surface area contributed by atoms with Gasteiger partial charge in [-0.3, -0.25) is 0 Å². The van der Waals surface area contributed by atoms with Crippen molar-refractivity contribution in [2.24, 2.45) is 29.6 Å². The maximum absolute atomic E-state index is 9.18. The second-order valence-electron chi connectivity index (χ2n) is 4.47. The molecule has 5 unspecified atom stereocenters. The third-order valence-electron chi connectivity index (χ3n) is 4.32. The van der Waals surface area contributed by atoms with Crippen LogP contribution in [0.5, 0.6) is 0 Å². The van der Waals surface area contributed by atoms with Crippen molar-refractivity contribution in [2.75, 3.05) is 6.61 Å². The van der Waals surface area contributed by atoms with E-state index in [-0.39, 0.29) is 0 Å². The van der Waals surface area contributed by atoms with Gasteiger partial charge in [0, 0.05) is 6.61 Å². The van der Waals surface area contributed by atoms with Crippen LogP contribution in [0.15, 0.2) is 0 Å². The zero-order valence-corrected chi connectivity index (χ0v) is 7.46. The Morgan fingerprint density at radius 2 is 1.73 bits per heavy atom. The standard InChI is InChI=1S/C10H18O/c1-6-7(2)10(5-11)9-4-3-8(6)9/h6-11H,3-5H2,1-2H3. The van der Waals surface area contributed by atoms with Gasteiger partial charge < -0.3 is 5.11 Å². The Morgan fingerprint density at radius 3 is 2.00 bits per heavy atom. The minimum absolute atomic E-state index is 0.423. The molecule has 11 heavy (non-hydrogen) atoms. The molecule has 2 rings (SSSR count). The Bertz CT molecular complexity index is 149. The van der Waals surface area contributed by atoms with Crippen molar-refractivity contribution in [3.05, 3.63) is 0 Å². The molecule has 1 N–H and O–H groups in total. The molecule has 2 fully saturated rings. The number of fused-ring (bicyclic) bond motifs is 1. The lowest BCUT2D eigenvalue weighted by atomic mass is 9.71. The molecule has 0 aliphatic heterocycles. The van der Waals surface area contributed by atoms with Crippen LogP contribution < -0.4 is 0 Å². The van der Waals surface area contributed by atoms with Crippen molar-refractivity contribution in [1.29, 1.82) is 0 Å². The smallest absolute Gasteiger partial charge is 0.0464 e. The Labute approximate surface area is 68.8 Å². The molecule has 0 radical (unpaired) electrons. The molecular weight excluding hydrogens is 136 g/mol. The average Bonchev–Trinajstić information content (AvgIpc) is 2.09. The molecule has 0 spiro atoms. The molecule has 0 aromatic heterocycles. The first kappa shape index (κ1) is 7.60. The van der Waals surface area contributed by atoms with Gasteiger partial charge in [-0.05, 0) is 42.4 Å². The summed E-state index contributed by atoms with van der Waals surface area (Å²) in [5.41, 5.74) is 0. The second kappa shape index (κ2) is 2.48. The van der Waals surface area contributed by atoms with Gasteiger partial charge >= 0.3 is 0 Å². The molecule has 2 aliphatic carbocycles. The van der Waals surface area contributed by atoms with Crippen molar-refractivity contribution in [1.82, 2.24) is 0 Å². The summed E-state index contributed by atoms with van der Waals surface area (Å²) < 4.78 is 0. The first-order chi connectivity index (χ1) is 5.25. The highest BCUT2D eigenvalue weighted by atomic mass is 16.3. The summed E-state index contributed by atoms with van der Waals surface area (Å²) in [6.07, 6.45) is 2.80. The first-order valence-corrected chi connectivity index (χ1v) is 4.86. The van der Waals surface area contributed by atoms with E-state index in [1.165, 1.54) is 12.8 Å². The maximum atomic E-state index is 9.18. The van der Waals surface area contributed by atoms with Crippen molar-refractivity contribution in [3.8, 4) is 0 Å². The van der Waals surface area contributed by atoms with Crippen LogP contribution in [0.4, 0.5) is 0 Å². The highest BCUT2D eigenvalue weighted by molar-refractivity contribution is 4.98. The predicted octanol–water partition coefficient (Wildman–Crippen LogP) is 1.91. The zero-order valence-electron chi connectivity index (χ0n) is 7.46. The third kappa shape index (κ3) is 0.868. The molecule has 0 bridgehead atoms. The molecule has 5 atom stereocenters. The van der Waals surface area contributed by atoms with Gasteiger partial charge in [0.05, 0.1) is 0 Å². The molecule has 0 saturated heterocycles. The predicted molar refractivity (Wildman–Crippen MR) is 45.1 cm³/mol. The molecule has 0 aromatic carbocycles. The average molecular weight is 154 g/mol. The minimum atomic E-state index is 0.423. The van der Waals surface area contributed by atoms with E-state index in [1.54, 1.807) is 0 Å². The van der Waals surface area contributed by atoms with Gasteiger partial charge in [-0.2, -0.15) is 0 Å². The van der Waals surface area contributed by atoms with Crippen molar-refractivity contribution < 1.29 is 5.11 Å². The van der Waals surface area contributed by atoms with Crippen molar-refractivity contribution in [2.45, 2.75) is 26.7 Å². The molecular formula is C10H18O. The summed E-state index contributed by atoms with van der Waals surface area (Å²) in [5, 5.41) is 9.18. The van der Waals surface area contributed by atoms with Crippen LogP contribution >= 0.6 is 0 Å². The number of rotatable bonds is 1. The first-order valence-electron chi connectivity index (χ1n) is 4.86. The van der Waals surface area contributed by atoms with E-state index in [9.17, 15) is 5.11 Å². The number of hydrogen-bond donors (Lipinski definition) is 1. The van der Waals surface area contributed by atoms with Crippen LogP contribution in [0.1, 0.15) is 26.7 Å². The van der Waals surface area contributed by atoms with Gasteiger partial charge in [0.1, 0.15) is 0 Å². The Kier molecular flexibility index (Phi) is 1.71. The molecule has 64 valence electrons. The van der Waals surface area contributed by atoms with Gasteiger partial charge in [-0.25, -0.2) is 0 Å². The second-order valence-corrected chi connectivity index (χ2v) is 4.47. The van der Waals surface area contributed by atoms with Crippen LogP contribution in [0, 0.1) is 29.6 Å². The number of aliphatic hydroxyl groups excluding tert-OH is 1. The van der Waals surface area contributed by atoms with E-state index in [2.05, 4.69) is 13.8 Å². The number of hydrogen-bond acceptors (Lipinski definition) is 1. The lowest BCUT2D eigenvalue weighted by Crippen LogP contribution is -2.28. The van der Waals surface area contributed by atoms with Gasteiger partial charge in [-0.15, -0.1) is 0 Å². The van der Waals surface area contributed by atoms with E-state index in [0.717, 1.165) is 23.7 Å². The van der Waals surface area contributed by atoms with E-state index < -0.39 is 0 Å². The summed E-state index contributed by atoms with van der Waals surface area (Å²) in [6, 6.07) is 0. The summed E-state index contributed by atoms with van der Waals surface area (Å²) >= 11 is 0. The molecule has 0 amide bonds. The monoisotopic (exact) mass is 154 g/mol. The molecule has 2 aliphatic rings. The van der Waals surface area contributed by atoms with Gasteiger partial charge in [0.15, 0.2) is 0 Å². The molecule has 0 heterocycles. The quantitative estimate of drug-likeness (QED) is 0.611. The fourth-order valence-electron chi connectivity index (χ4n) is 3.21. The fourth-order valence-corrected chi connectivity index (χ4v) is 3.21. The molecule has 0 aromatic rings. The Hall–Kier alpha value is -0.0400. The largest absolute Gasteiger partial charge is 0.396 e. The van der Waals surface area contributed by atoms with E-state index >= 15 is 0 Å².